The van der Waals surface area contributed by atoms with Crippen LogP contribution in [0.1, 0.15) is 23.3 Å². The second kappa shape index (κ2) is 6.96. The predicted octanol–water partition coefficient (Wildman–Crippen LogP) is 3.35. The Morgan fingerprint density at radius 3 is 1.69 bits per heavy atom. The fraction of sp³-hybridized carbons (Fsp3) is 0.238. The van der Waals surface area contributed by atoms with Crippen LogP contribution in [0.15, 0.2) is 60.9 Å². The van der Waals surface area contributed by atoms with Gasteiger partial charge in [0.15, 0.2) is 0 Å². The lowest BCUT2D eigenvalue weighted by Crippen LogP contribution is -2.29. The van der Waals surface area contributed by atoms with Crippen molar-refractivity contribution < 1.29 is 10.2 Å². The molecule has 0 saturated carbocycles. The van der Waals surface area contributed by atoms with E-state index in [2.05, 4.69) is 9.97 Å². The van der Waals surface area contributed by atoms with Gasteiger partial charge in [-0.25, -0.2) is 0 Å². The third-order valence-corrected chi connectivity index (χ3v) is 4.89. The number of benzene rings is 2. The second-order valence-corrected chi connectivity index (χ2v) is 6.90. The average molecular weight is 349 g/mol. The lowest BCUT2D eigenvalue weighted by molar-refractivity contribution is 0.0834. The van der Waals surface area contributed by atoms with Crippen molar-refractivity contribution in [3.8, 4) is 0 Å². The lowest BCUT2D eigenvalue weighted by Gasteiger charge is -2.23. The first-order valence-electron chi connectivity index (χ1n) is 8.79. The van der Waals surface area contributed by atoms with E-state index in [1.54, 1.807) is 0 Å². The molecule has 0 aliphatic carbocycles. The maximum atomic E-state index is 10.5. The first-order valence-corrected chi connectivity index (χ1v) is 8.79. The molecule has 5 heteroatoms. The maximum absolute atomic E-state index is 10.5. The summed E-state index contributed by atoms with van der Waals surface area (Å²) in [6.07, 6.45) is 2.59. The Labute approximate surface area is 151 Å². The minimum Gasteiger partial charge on any atom is -0.387 e. The molecule has 0 aliphatic heterocycles. The molecule has 0 spiro atoms. The Morgan fingerprint density at radius 1 is 0.769 bits per heavy atom. The Bertz CT molecular complexity index is 938. The molecule has 4 aromatic rings. The van der Waals surface area contributed by atoms with E-state index in [1.165, 1.54) is 0 Å². The van der Waals surface area contributed by atoms with Gasteiger partial charge in [-0.15, -0.1) is 0 Å². The van der Waals surface area contributed by atoms with Crippen molar-refractivity contribution in [2.24, 2.45) is 0 Å². The summed E-state index contributed by atoms with van der Waals surface area (Å²) in [5, 5.41) is 23.3. The van der Waals surface area contributed by atoms with Crippen LogP contribution in [0.5, 0.6) is 0 Å². The number of fused-ring (bicyclic) bond motifs is 2. The Balaban J connectivity index is 1.41. The van der Waals surface area contributed by atoms with Gasteiger partial charge in [0.1, 0.15) is 0 Å². The predicted molar refractivity (Wildman–Crippen MR) is 104 cm³/mol. The first-order chi connectivity index (χ1) is 12.6. The van der Waals surface area contributed by atoms with Gasteiger partial charge in [0.2, 0.25) is 0 Å². The molecule has 2 aromatic carbocycles. The Hall–Kier alpha value is -2.60. The number of likely N-dealkylation sites (N-methyl/N-ethyl adjacent to an activating group) is 1. The molecule has 0 saturated heterocycles. The number of nitrogens with zero attached hydrogens (tertiary/aromatic N) is 1. The van der Waals surface area contributed by atoms with E-state index in [1.807, 2.05) is 72.9 Å². The lowest BCUT2D eigenvalue weighted by atomic mass is 10.1. The van der Waals surface area contributed by atoms with Gasteiger partial charge in [-0.3, -0.25) is 0 Å². The van der Waals surface area contributed by atoms with Gasteiger partial charge < -0.3 is 25.1 Å². The van der Waals surface area contributed by atoms with Gasteiger partial charge in [-0.1, -0.05) is 12.1 Å². The maximum Gasteiger partial charge on any atom is 0.0917 e. The van der Waals surface area contributed by atoms with Crippen molar-refractivity contribution in [1.82, 2.24) is 14.9 Å². The Morgan fingerprint density at radius 2 is 1.23 bits per heavy atom. The summed E-state index contributed by atoms with van der Waals surface area (Å²) in [7, 11) is 1.91. The van der Waals surface area contributed by atoms with E-state index in [0.29, 0.717) is 13.1 Å². The normalized spacial score (nSPS) is 14.3. The van der Waals surface area contributed by atoms with Crippen molar-refractivity contribution in [3.05, 3.63) is 72.1 Å². The van der Waals surface area contributed by atoms with Crippen molar-refractivity contribution >= 4 is 21.8 Å². The number of aliphatic hydroxyl groups excluding tert-OH is 2. The molecule has 2 heterocycles. The summed E-state index contributed by atoms with van der Waals surface area (Å²) in [4.78, 5) is 8.26. The van der Waals surface area contributed by atoms with E-state index in [4.69, 9.17) is 0 Å². The highest BCUT2D eigenvalue weighted by Gasteiger charge is 2.16. The number of H-pyrrole nitrogens is 2. The zero-order chi connectivity index (χ0) is 18.1. The van der Waals surface area contributed by atoms with Crippen LogP contribution < -0.4 is 0 Å². The molecule has 26 heavy (non-hydrogen) atoms. The summed E-state index contributed by atoms with van der Waals surface area (Å²) in [5.74, 6) is 0. The summed E-state index contributed by atoms with van der Waals surface area (Å²) in [5.41, 5.74) is 3.88. The molecule has 2 atom stereocenters. The fourth-order valence-corrected chi connectivity index (χ4v) is 3.43. The third-order valence-electron chi connectivity index (χ3n) is 4.89. The largest absolute Gasteiger partial charge is 0.387 e. The quantitative estimate of drug-likeness (QED) is 0.431. The van der Waals surface area contributed by atoms with Crippen molar-refractivity contribution in [2.75, 3.05) is 20.1 Å². The average Bonchev–Trinajstić information content (AvgIpc) is 3.28. The molecule has 0 radical (unpaired) electrons. The van der Waals surface area contributed by atoms with Crippen LogP contribution in [0.25, 0.3) is 21.8 Å². The minimum absolute atomic E-state index is 0.458. The van der Waals surface area contributed by atoms with Crippen LogP contribution in [0.2, 0.25) is 0 Å². The van der Waals surface area contributed by atoms with Crippen LogP contribution in [0.3, 0.4) is 0 Å². The number of rotatable bonds is 6. The van der Waals surface area contributed by atoms with Crippen LogP contribution in [0, 0.1) is 0 Å². The molecular weight excluding hydrogens is 326 g/mol. The second-order valence-electron chi connectivity index (χ2n) is 6.90. The molecule has 0 fully saturated rings. The number of nitrogens with one attached hydrogen (secondary N) is 2. The van der Waals surface area contributed by atoms with Crippen molar-refractivity contribution in [1.29, 1.82) is 0 Å². The molecule has 134 valence electrons. The van der Waals surface area contributed by atoms with Crippen LogP contribution in [-0.4, -0.2) is 45.2 Å². The highest BCUT2D eigenvalue weighted by molar-refractivity contribution is 5.80. The molecule has 2 aromatic heterocycles. The number of aromatic amines is 2. The summed E-state index contributed by atoms with van der Waals surface area (Å²) < 4.78 is 0. The molecule has 5 nitrogen and oxygen atoms in total. The summed E-state index contributed by atoms with van der Waals surface area (Å²) in [6, 6.07) is 15.8. The summed E-state index contributed by atoms with van der Waals surface area (Å²) >= 11 is 0. The standard InChI is InChI=1S/C21H23N3O2/c1-24(12-20(25)16-2-4-18-14(10-16)6-8-22-18)13-21(26)17-3-5-19-15(11-17)7-9-23-19/h2-11,20-23,25-26H,12-13H2,1H3. The number of aromatic nitrogens is 2. The Kier molecular flexibility index (Phi) is 4.51. The van der Waals surface area contributed by atoms with Gasteiger partial charge in [0.25, 0.3) is 0 Å². The molecule has 4 rings (SSSR count). The van der Waals surface area contributed by atoms with Gasteiger partial charge in [0, 0.05) is 36.5 Å². The molecule has 0 amide bonds. The molecular formula is C21H23N3O2. The molecule has 2 unspecified atom stereocenters. The van der Waals surface area contributed by atoms with E-state index < -0.39 is 12.2 Å². The monoisotopic (exact) mass is 349 g/mol. The smallest absolute Gasteiger partial charge is 0.0917 e. The van der Waals surface area contributed by atoms with Gasteiger partial charge in [-0.05, 0) is 65.3 Å². The SMILES string of the molecule is CN(CC(O)c1ccc2[nH]ccc2c1)CC(O)c1ccc2[nH]ccc2c1. The van der Waals surface area contributed by atoms with Crippen molar-refractivity contribution in [3.63, 3.8) is 0 Å². The van der Waals surface area contributed by atoms with E-state index >= 15 is 0 Å². The van der Waals surface area contributed by atoms with Crippen LogP contribution >= 0.6 is 0 Å². The topological polar surface area (TPSA) is 75.3 Å². The molecule has 4 N–H and O–H groups in total. The number of aliphatic hydroxyl groups is 2. The third kappa shape index (κ3) is 3.37. The van der Waals surface area contributed by atoms with Gasteiger partial charge in [0.05, 0.1) is 12.2 Å². The highest BCUT2D eigenvalue weighted by Crippen LogP contribution is 2.23. The molecule has 0 bridgehead atoms. The highest BCUT2D eigenvalue weighted by atomic mass is 16.3. The van der Waals surface area contributed by atoms with Gasteiger partial charge in [-0.2, -0.15) is 0 Å². The van der Waals surface area contributed by atoms with E-state index in [0.717, 1.165) is 32.9 Å². The van der Waals surface area contributed by atoms with Crippen LogP contribution in [-0.2, 0) is 0 Å². The number of hydrogen-bond donors (Lipinski definition) is 4. The zero-order valence-corrected chi connectivity index (χ0v) is 14.7. The zero-order valence-electron chi connectivity index (χ0n) is 14.7. The van der Waals surface area contributed by atoms with E-state index in [9.17, 15) is 10.2 Å². The first kappa shape index (κ1) is 16.8. The number of hydrogen-bond acceptors (Lipinski definition) is 3. The van der Waals surface area contributed by atoms with E-state index in [-0.39, 0.29) is 0 Å². The molecule has 0 aliphatic rings. The minimum atomic E-state index is -0.598. The van der Waals surface area contributed by atoms with Crippen molar-refractivity contribution in [2.45, 2.75) is 12.2 Å². The fourth-order valence-electron chi connectivity index (χ4n) is 3.43. The summed E-state index contributed by atoms with van der Waals surface area (Å²) in [6.45, 7) is 0.915. The van der Waals surface area contributed by atoms with Crippen LogP contribution in [0.4, 0.5) is 0 Å². The van der Waals surface area contributed by atoms with Gasteiger partial charge >= 0.3 is 0 Å².